The number of nitrogens with zero attached hydrogens (tertiary/aromatic N) is 4. The number of rotatable bonds is 5. The van der Waals surface area contributed by atoms with E-state index < -0.39 is 22.5 Å². The van der Waals surface area contributed by atoms with Crippen molar-refractivity contribution in [3.63, 3.8) is 0 Å². The number of aromatic nitrogens is 3. The van der Waals surface area contributed by atoms with Gasteiger partial charge in [0.05, 0.1) is 12.8 Å². The number of sulfonamides is 1. The fraction of sp³-hybridized carbons (Fsp3) is 0.235. The highest BCUT2D eigenvalue weighted by molar-refractivity contribution is 7.92. The molecule has 2 heterocycles. The minimum absolute atomic E-state index is 0.0262. The summed E-state index contributed by atoms with van der Waals surface area (Å²) < 4.78 is 33.8. The van der Waals surface area contributed by atoms with Crippen molar-refractivity contribution in [1.29, 1.82) is 0 Å². The quantitative estimate of drug-likeness (QED) is 0.631. The van der Waals surface area contributed by atoms with Gasteiger partial charge in [-0.3, -0.25) is 13.5 Å². The van der Waals surface area contributed by atoms with E-state index in [2.05, 4.69) is 14.9 Å². The maximum absolute atomic E-state index is 13.2. The molecule has 9 heteroatoms. The van der Waals surface area contributed by atoms with Crippen molar-refractivity contribution in [2.75, 3.05) is 18.0 Å². The zero-order valence-corrected chi connectivity index (χ0v) is 15.4. The van der Waals surface area contributed by atoms with Crippen molar-refractivity contribution >= 4 is 27.3 Å². The molecule has 2 aromatic heterocycles. The predicted molar refractivity (Wildman–Crippen MR) is 95.5 cm³/mol. The topological polar surface area (TPSA) is 93.9 Å². The fourth-order valence-corrected chi connectivity index (χ4v) is 3.95. The molecular weight excluding hydrogens is 356 g/mol. The summed E-state index contributed by atoms with van der Waals surface area (Å²) in [6, 6.07) is 9.92. The van der Waals surface area contributed by atoms with E-state index in [9.17, 15) is 13.2 Å². The zero-order valence-electron chi connectivity index (χ0n) is 14.6. The van der Waals surface area contributed by atoms with Gasteiger partial charge in [0.25, 0.3) is 10.0 Å². The summed E-state index contributed by atoms with van der Waals surface area (Å²) in [5.74, 6) is -0.0937. The first-order chi connectivity index (χ1) is 12.3. The average molecular weight is 374 g/mol. The van der Waals surface area contributed by atoms with E-state index in [1.165, 1.54) is 19.4 Å². The summed E-state index contributed by atoms with van der Waals surface area (Å²) >= 11 is 0. The Hall–Kier alpha value is -2.94. The molecule has 0 radical (unpaired) electrons. The number of hydrogen-bond donors (Lipinski definition) is 0. The molecule has 0 spiro atoms. The number of benzene rings is 1. The Morgan fingerprint density at radius 2 is 1.96 bits per heavy atom. The van der Waals surface area contributed by atoms with Crippen LogP contribution in [0.1, 0.15) is 11.4 Å². The summed E-state index contributed by atoms with van der Waals surface area (Å²) in [6.45, 7) is 3.14. The van der Waals surface area contributed by atoms with Gasteiger partial charge < -0.3 is 4.74 Å². The van der Waals surface area contributed by atoms with Crippen molar-refractivity contribution < 1.29 is 17.9 Å². The highest BCUT2D eigenvalue weighted by Crippen LogP contribution is 2.25. The number of anilines is 1. The number of hydrogen-bond acceptors (Lipinski definition) is 6. The predicted octanol–water partition coefficient (Wildman–Crippen LogP) is 1.71. The van der Waals surface area contributed by atoms with Gasteiger partial charge in [0, 0.05) is 6.20 Å². The summed E-state index contributed by atoms with van der Waals surface area (Å²) in [5.41, 5.74) is 1.80. The lowest BCUT2D eigenvalue weighted by molar-refractivity contribution is -0.138. The van der Waals surface area contributed by atoms with Crippen LogP contribution in [0, 0.1) is 13.8 Å². The summed E-state index contributed by atoms with van der Waals surface area (Å²) in [4.78, 5) is 11.9. The van der Waals surface area contributed by atoms with Crippen molar-refractivity contribution in [2.24, 2.45) is 0 Å². The molecule has 8 nitrogen and oxygen atoms in total. The average Bonchev–Trinajstić information content (AvgIpc) is 2.99. The van der Waals surface area contributed by atoms with Crippen LogP contribution in [-0.4, -0.2) is 42.6 Å². The normalized spacial score (nSPS) is 11.5. The molecule has 0 amide bonds. The molecule has 0 N–H and O–H groups in total. The van der Waals surface area contributed by atoms with Gasteiger partial charge in [0.2, 0.25) is 0 Å². The second-order valence-electron chi connectivity index (χ2n) is 5.77. The maximum Gasteiger partial charge on any atom is 0.326 e. The van der Waals surface area contributed by atoms with Crippen LogP contribution >= 0.6 is 0 Å². The highest BCUT2D eigenvalue weighted by atomic mass is 32.2. The first-order valence-electron chi connectivity index (χ1n) is 7.80. The lowest BCUT2D eigenvalue weighted by Crippen LogP contribution is -2.36. The molecule has 3 rings (SSSR count). The molecule has 0 aliphatic rings. The molecule has 136 valence electrons. The molecule has 0 aliphatic carbocycles. The Balaban J connectivity index is 2.13. The smallest absolute Gasteiger partial charge is 0.326 e. The molecular formula is C17H18N4O4S. The van der Waals surface area contributed by atoms with Crippen LogP contribution in [0.2, 0.25) is 0 Å². The molecule has 1 aromatic carbocycles. The Labute approximate surface area is 151 Å². The van der Waals surface area contributed by atoms with Crippen LogP contribution in [0.5, 0.6) is 0 Å². The van der Waals surface area contributed by atoms with E-state index in [1.54, 1.807) is 35.6 Å². The third-order valence-electron chi connectivity index (χ3n) is 3.92. The van der Waals surface area contributed by atoms with Gasteiger partial charge in [-0.2, -0.15) is 0 Å². The Morgan fingerprint density at radius 3 is 2.65 bits per heavy atom. The standard InChI is InChI=1S/C17H18N4O4S/c1-12-5-4-6-14(9-12)21(11-17(22)25-3)26(23,24)15-7-8-16-19-18-13(2)20(16)10-15/h4-10H,11H2,1-3H3. The summed E-state index contributed by atoms with van der Waals surface area (Å²) in [7, 11) is -2.79. The second kappa shape index (κ2) is 6.75. The van der Waals surface area contributed by atoms with Crippen LogP contribution in [0.25, 0.3) is 5.65 Å². The van der Waals surface area contributed by atoms with Gasteiger partial charge in [-0.25, -0.2) is 8.42 Å². The van der Waals surface area contributed by atoms with Crippen LogP contribution in [0.15, 0.2) is 47.5 Å². The lowest BCUT2D eigenvalue weighted by atomic mass is 10.2. The molecule has 0 unspecified atom stereocenters. The van der Waals surface area contributed by atoms with E-state index >= 15 is 0 Å². The largest absolute Gasteiger partial charge is 0.468 e. The molecule has 0 bridgehead atoms. The number of ether oxygens (including phenoxy) is 1. The Morgan fingerprint density at radius 1 is 1.19 bits per heavy atom. The van der Waals surface area contributed by atoms with E-state index in [0.29, 0.717) is 17.2 Å². The molecule has 0 aliphatic heterocycles. The van der Waals surface area contributed by atoms with Crippen LogP contribution < -0.4 is 4.31 Å². The van der Waals surface area contributed by atoms with Gasteiger partial charge in [0.1, 0.15) is 17.3 Å². The number of methoxy groups -OCH3 is 1. The Kier molecular flexibility index (Phi) is 4.64. The van der Waals surface area contributed by atoms with Gasteiger partial charge in [-0.15, -0.1) is 10.2 Å². The molecule has 0 fully saturated rings. The first kappa shape index (κ1) is 17.9. The summed E-state index contributed by atoms with van der Waals surface area (Å²) in [5, 5.41) is 7.87. The molecule has 0 atom stereocenters. The number of carbonyl (C=O) groups is 1. The van der Waals surface area contributed by atoms with E-state index in [-0.39, 0.29) is 4.90 Å². The van der Waals surface area contributed by atoms with Crippen LogP contribution in [0.3, 0.4) is 0 Å². The van der Waals surface area contributed by atoms with Gasteiger partial charge in [-0.1, -0.05) is 12.1 Å². The van der Waals surface area contributed by atoms with E-state index in [4.69, 9.17) is 0 Å². The fourth-order valence-electron chi connectivity index (χ4n) is 2.55. The third kappa shape index (κ3) is 3.25. The van der Waals surface area contributed by atoms with Gasteiger partial charge in [0.15, 0.2) is 5.65 Å². The van der Waals surface area contributed by atoms with Crippen molar-refractivity contribution in [3.8, 4) is 0 Å². The zero-order chi connectivity index (χ0) is 18.9. The molecule has 26 heavy (non-hydrogen) atoms. The van der Waals surface area contributed by atoms with Gasteiger partial charge in [-0.05, 0) is 43.7 Å². The first-order valence-corrected chi connectivity index (χ1v) is 9.24. The SMILES string of the molecule is COC(=O)CN(c1cccc(C)c1)S(=O)(=O)c1ccc2nnc(C)n2c1. The minimum Gasteiger partial charge on any atom is -0.468 e. The molecule has 0 saturated carbocycles. The molecule has 0 saturated heterocycles. The monoisotopic (exact) mass is 374 g/mol. The van der Waals surface area contributed by atoms with E-state index in [0.717, 1.165) is 9.87 Å². The Bertz CT molecular complexity index is 1080. The van der Waals surface area contributed by atoms with Crippen molar-refractivity contribution in [2.45, 2.75) is 18.7 Å². The molecule has 3 aromatic rings. The second-order valence-corrected chi connectivity index (χ2v) is 7.63. The maximum atomic E-state index is 13.2. The number of pyridine rings is 1. The number of fused-ring (bicyclic) bond motifs is 1. The van der Waals surface area contributed by atoms with Crippen LogP contribution in [-0.2, 0) is 19.6 Å². The number of aryl methyl sites for hydroxylation is 2. The lowest BCUT2D eigenvalue weighted by Gasteiger charge is -2.23. The van der Waals surface area contributed by atoms with Gasteiger partial charge >= 0.3 is 5.97 Å². The highest BCUT2D eigenvalue weighted by Gasteiger charge is 2.28. The van der Waals surface area contributed by atoms with E-state index in [1.807, 2.05) is 13.0 Å². The van der Waals surface area contributed by atoms with Crippen LogP contribution in [0.4, 0.5) is 5.69 Å². The summed E-state index contributed by atoms with van der Waals surface area (Å²) in [6.07, 6.45) is 1.44. The minimum atomic E-state index is -4.01. The number of carbonyl (C=O) groups excluding carboxylic acids is 1. The third-order valence-corrected chi connectivity index (χ3v) is 5.68. The number of esters is 1. The van der Waals surface area contributed by atoms with Crippen molar-refractivity contribution in [1.82, 2.24) is 14.6 Å². The van der Waals surface area contributed by atoms with Crippen molar-refractivity contribution in [3.05, 3.63) is 54.0 Å².